The summed E-state index contributed by atoms with van der Waals surface area (Å²) in [5, 5.41) is 0. The van der Waals surface area contributed by atoms with Gasteiger partial charge in [-0.05, 0) is 19.3 Å². The predicted molar refractivity (Wildman–Crippen MR) is 80.7 cm³/mol. The highest BCUT2D eigenvalue weighted by Gasteiger charge is 2.45. The summed E-state index contributed by atoms with van der Waals surface area (Å²) in [7, 11) is 0. The van der Waals surface area contributed by atoms with Crippen molar-refractivity contribution in [3.63, 3.8) is 0 Å². The maximum atomic E-state index is 12.2. The van der Waals surface area contributed by atoms with E-state index in [1.807, 2.05) is 22.6 Å². The molecule has 0 radical (unpaired) electrons. The lowest BCUT2D eigenvalue weighted by Gasteiger charge is -2.26. The Morgan fingerprint density at radius 3 is 2.62 bits per heavy atom. The van der Waals surface area contributed by atoms with Crippen molar-refractivity contribution in [3.05, 3.63) is 18.7 Å². The molecule has 21 heavy (non-hydrogen) atoms. The monoisotopic (exact) mass is 291 g/mol. The van der Waals surface area contributed by atoms with E-state index >= 15 is 0 Å². The second kappa shape index (κ2) is 7.38. The van der Waals surface area contributed by atoms with Crippen LogP contribution in [0.3, 0.4) is 0 Å². The first-order valence-electron chi connectivity index (χ1n) is 7.99. The van der Waals surface area contributed by atoms with Crippen LogP contribution in [0, 0.1) is 5.92 Å². The van der Waals surface area contributed by atoms with Crippen molar-refractivity contribution < 1.29 is 9.59 Å². The molecule has 0 bridgehead atoms. The van der Waals surface area contributed by atoms with Crippen molar-refractivity contribution in [2.75, 3.05) is 6.54 Å². The van der Waals surface area contributed by atoms with Crippen LogP contribution in [0.5, 0.6) is 0 Å². The molecule has 0 spiro atoms. The standard InChI is InChI=1S/C16H25N3O2/c1-3-5-7-14-13(4-2)15(20)16(21)19(14)10-6-9-18-11-8-17-12-18/h8,11-14H,3-7,9-10H2,1-2H3. The van der Waals surface area contributed by atoms with E-state index in [1.54, 1.807) is 12.5 Å². The van der Waals surface area contributed by atoms with E-state index in [0.717, 1.165) is 38.6 Å². The van der Waals surface area contributed by atoms with Gasteiger partial charge in [0.1, 0.15) is 0 Å². The first-order valence-corrected chi connectivity index (χ1v) is 7.99. The molecule has 2 heterocycles. The number of unbranched alkanes of at least 4 members (excludes halogenated alkanes) is 1. The van der Waals surface area contributed by atoms with Crippen LogP contribution in [0.25, 0.3) is 0 Å². The van der Waals surface area contributed by atoms with E-state index in [2.05, 4.69) is 11.9 Å². The Labute approximate surface area is 126 Å². The maximum absolute atomic E-state index is 12.2. The quantitative estimate of drug-likeness (QED) is 0.690. The van der Waals surface area contributed by atoms with Crippen molar-refractivity contribution in [1.29, 1.82) is 0 Å². The van der Waals surface area contributed by atoms with Gasteiger partial charge in [-0.25, -0.2) is 4.98 Å². The summed E-state index contributed by atoms with van der Waals surface area (Å²) < 4.78 is 2.00. The van der Waals surface area contributed by atoms with Crippen molar-refractivity contribution >= 4 is 11.7 Å². The summed E-state index contributed by atoms with van der Waals surface area (Å²) in [6, 6.07) is 0.109. The predicted octanol–water partition coefficient (Wildman–Crippen LogP) is 2.27. The lowest BCUT2D eigenvalue weighted by Crippen LogP contribution is -2.36. The Morgan fingerprint density at radius 1 is 1.19 bits per heavy atom. The zero-order valence-electron chi connectivity index (χ0n) is 13.0. The second-order valence-corrected chi connectivity index (χ2v) is 5.74. The zero-order chi connectivity index (χ0) is 15.2. The summed E-state index contributed by atoms with van der Waals surface area (Å²) in [5.41, 5.74) is 0. The van der Waals surface area contributed by atoms with E-state index in [9.17, 15) is 9.59 Å². The number of imidazole rings is 1. The molecule has 1 amide bonds. The molecule has 1 aliphatic heterocycles. The molecule has 5 heteroatoms. The zero-order valence-corrected chi connectivity index (χ0v) is 13.0. The highest BCUT2D eigenvalue weighted by Crippen LogP contribution is 2.29. The van der Waals surface area contributed by atoms with Crippen LogP contribution in [0.4, 0.5) is 0 Å². The van der Waals surface area contributed by atoms with Crippen LogP contribution in [-0.2, 0) is 16.1 Å². The number of nitrogens with zero attached hydrogens (tertiary/aromatic N) is 3. The molecule has 1 fully saturated rings. The summed E-state index contributed by atoms with van der Waals surface area (Å²) in [6.45, 7) is 5.63. The number of Topliss-reactive ketones (excluding diaryl/α,β-unsaturated/α-hetero) is 1. The molecule has 2 rings (SSSR count). The van der Waals surface area contributed by atoms with E-state index in [4.69, 9.17) is 0 Å². The topological polar surface area (TPSA) is 55.2 Å². The molecule has 1 saturated heterocycles. The Kier molecular flexibility index (Phi) is 5.53. The van der Waals surface area contributed by atoms with Crippen LogP contribution in [0.15, 0.2) is 18.7 Å². The van der Waals surface area contributed by atoms with Gasteiger partial charge in [0.25, 0.3) is 5.91 Å². The second-order valence-electron chi connectivity index (χ2n) is 5.74. The van der Waals surface area contributed by atoms with Gasteiger partial charge in [0, 0.05) is 37.4 Å². The molecule has 1 aromatic rings. The number of hydrogen-bond acceptors (Lipinski definition) is 3. The number of carbonyl (C=O) groups excluding carboxylic acids is 2. The van der Waals surface area contributed by atoms with Gasteiger partial charge in [-0.2, -0.15) is 0 Å². The minimum absolute atomic E-state index is 0.0997. The van der Waals surface area contributed by atoms with Crippen molar-refractivity contribution in [2.24, 2.45) is 5.92 Å². The van der Waals surface area contributed by atoms with Gasteiger partial charge in [0.05, 0.1) is 6.33 Å². The molecular weight excluding hydrogens is 266 g/mol. The number of aryl methyl sites for hydroxylation is 1. The third-order valence-electron chi connectivity index (χ3n) is 4.34. The molecule has 1 aromatic heterocycles. The van der Waals surface area contributed by atoms with E-state index in [-0.39, 0.29) is 23.7 Å². The molecule has 0 saturated carbocycles. The highest BCUT2D eigenvalue weighted by atomic mass is 16.2. The number of carbonyl (C=O) groups is 2. The normalized spacial score (nSPS) is 22.3. The van der Waals surface area contributed by atoms with Gasteiger partial charge >= 0.3 is 0 Å². The minimum atomic E-state index is -0.270. The lowest BCUT2D eigenvalue weighted by atomic mass is 9.92. The maximum Gasteiger partial charge on any atom is 0.290 e. The summed E-state index contributed by atoms with van der Waals surface area (Å²) in [5.74, 6) is -0.549. The van der Waals surface area contributed by atoms with E-state index in [0.29, 0.717) is 6.54 Å². The average Bonchev–Trinajstić information content (AvgIpc) is 3.07. The summed E-state index contributed by atoms with van der Waals surface area (Å²) in [6.07, 6.45) is 10.2. The van der Waals surface area contributed by atoms with Gasteiger partial charge < -0.3 is 9.47 Å². The fraction of sp³-hybridized carbons (Fsp3) is 0.688. The largest absolute Gasteiger partial charge is 0.337 e. The molecule has 5 nitrogen and oxygen atoms in total. The van der Waals surface area contributed by atoms with Gasteiger partial charge in [-0.3, -0.25) is 9.59 Å². The van der Waals surface area contributed by atoms with Crippen molar-refractivity contribution in [3.8, 4) is 0 Å². The Bertz CT molecular complexity index is 470. The van der Waals surface area contributed by atoms with Crippen LogP contribution in [-0.4, -0.2) is 38.7 Å². The Balaban J connectivity index is 1.96. The molecule has 0 aliphatic carbocycles. The van der Waals surface area contributed by atoms with Crippen molar-refractivity contribution in [1.82, 2.24) is 14.5 Å². The molecule has 0 aromatic carbocycles. The van der Waals surface area contributed by atoms with Crippen molar-refractivity contribution in [2.45, 2.75) is 58.5 Å². The molecular formula is C16H25N3O2. The van der Waals surface area contributed by atoms with Gasteiger partial charge in [0.2, 0.25) is 5.78 Å². The van der Waals surface area contributed by atoms with E-state index < -0.39 is 0 Å². The first-order chi connectivity index (χ1) is 10.2. The number of rotatable bonds is 8. The fourth-order valence-corrected chi connectivity index (χ4v) is 3.18. The average molecular weight is 291 g/mol. The van der Waals surface area contributed by atoms with Crippen LogP contribution >= 0.6 is 0 Å². The highest BCUT2D eigenvalue weighted by molar-refractivity contribution is 6.39. The third kappa shape index (κ3) is 3.52. The third-order valence-corrected chi connectivity index (χ3v) is 4.34. The summed E-state index contributed by atoms with van der Waals surface area (Å²) in [4.78, 5) is 30.1. The van der Waals surface area contributed by atoms with Gasteiger partial charge in [-0.15, -0.1) is 0 Å². The number of aromatic nitrogens is 2. The molecule has 2 atom stereocenters. The van der Waals surface area contributed by atoms with E-state index in [1.165, 1.54) is 0 Å². The number of amides is 1. The smallest absolute Gasteiger partial charge is 0.290 e. The number of hydrogen-bond donors (Lipinski definition) is 0. The molecule has 1 aliphatic rings. The Morgan fingerprint density at radius 2 is 2.00 bits per heavy atom. The van der Waals surface area contributed by atoms with Gasteiger partial charge in [0.15, 0.2) is 0 Å². The van der Waals surface area contributed by atoms with Crippen LogP contribution < -0.4 is 0 Å². The SMILES string of the molecule is CCCCC1C(CC)C(=O)C(=O)N1CCCn1ccnc1. The first kappa shape index (κ1) is 15.7. The number of ketones is 1. The molecule has 2 unspecified atom stereocenters. The Hall–Kier alpha value is -1.65. The van der Waals surface area contributed by atoms with Crippen LogP contribution in [0.2, 0.25) is 0 Å². The fourth-order valence-electron chi connectivity index (χ4n) is 3.18. The summed E-state index contributed by atoms with van der Waals surface area (Å²) >= 11 is 0. The minimum Gasteiger partial charge on any atom is -0.337 e. The van der Waals surface area contributed by atoms with Gasteiger partial charge in [-0.1, -0.05) is 26.7 Å². The molecule has 0 N–H and O–H groups in total. The molecule has 116 valence electrons. The number of likely N-dealkylation sites (tertiary alicyclic amines) is 1. The lowest BCUT2D eigenvalue weighted by molar-refractivity contribution is -0.141. The van der Waals surface area contributed by atoms with Crippen LogP contribution in [0.1, 0.15) is 46.0 Å².